The maximum absolute atomic E-state index is 11.7. The van der Waals surface area contributed by atoms with Gasteiger partial charge in [0.2, 0.25) is 0 Å². The van der Waals surface area contributed by atoms with E-state index in [1.807, 2.05) is 0 Å². The number of nitrogens with one attached hydrogen (secondary N) is 1. The third-order valence-corrected chi connectivity index (χ3v) is 2.53. The van der Waals surface area contributed by atoms with Gasteiger partial charge in [-0.3, -0.25) is 0 Å². The van der Waals surface area contributed by atoms with Gasteiger partial charge in [-0.1, -0.05) is 22.6 Å². The van der Waals surface area contributed by atoms with Crippen LogP contribution in [0.2, 0.25) is 0 Å². The van der Waals surface area contributed by atoms with E-state index in [1.54, 1.807) is 29.9 Å². The summed E-state index contributed by atoms with van der Waals surface area (Å²) in [4.78, 5) is 15.9. The number of fused-ring (bicyclic) bond motifs is 1. The van der Waals surface area contributed by atoms with E-state index < -0.39 is 0 Å². The second kappa shape index (κ2) is 5.30. The molecular weight excluding hydrogens is 335 g/mol. The van der Waals surface area contributed by atoms with Crippen molar-refractivity contribution in [3.8, 4) is 0 Å². The summed E-state index contributed by atoms with van der Waals surface area (Å²) < 4.78 is 7.28. The van der Waals surface area contributed by atoms with E-state index in [0.717, 1.165) is 10.4 Å². The standard InChI is InChI=1S/C10H11IN4O2/c1-2-17-10(16)7-3-4-14-15-8(13-6-11)5-12-9(7)15/h3-5,13H,2,6H2,1H3. The number of carbonyl (C=O) groups is 1. The topological polar surface area (TPSA) is 68.5 Å². The van der Waals surface area contributed by atoms with Crippen LogP contribution in [0.3, 0.4) is 0 Å². The van der Waals surface area contributed by atoms with Crippen molar-refractivity contribution in [1.82, 2.24) is 14.6 Å². The van der Waals surface area contributed by atoms with Crippen molar-refractivity contribution in [3.63, 3.8) is 0 Å². The third kappa shape index (κ3) is 2.33. The summed E-state index contributed by atoms with van der Waals surface area (Å²) in [5.41, 5.74) is 0.918. The van der Waals surface area contributed by atoms with E-state index in [4.69, 9.17) is 4.74 Å². The number of hydrogen-bond acceptors (Lipinski definition) is 5. The van der Waals surface area contributed by atoms with Crippen molar-refractivity contribution in [3.05, 3.63) is 24.0 Å². The molecule has 2 aromatic heterocycles. The fraction of sp³-hybridized carbons (Fsp3) is 0.300. The van der Waals surface area contributed by atoms with Crippen molar-refractivity contribution >= 4 is 40.0 Å². The maximum atomic E-state index is 11.7. The number of aromatic nitrogens is 3. The zero-order chi connectivity index (χ0) is 12.3. The highest BCUT2D eigenvalue weighted by molar-refractivity contribution is 14.1. The zero-order valence-corrected chi connectivity index (χ0v) is 11.3. The van der Waals surface area contributed by atoms with Crippen LogP contribution in [-0.4, -0.2) is 31.7 Å². The first-order chi connectivity index (χ1) is 8.27. The summed E-state index contributed by atoms with van der Waals surface area (Å²) >= 11 is 2.18. The van der Waals surface area contributed by atoms with Crippen LogP contribution in [0.1, 0.15) is 17.3 Å². The molecule has 17 heavy (non-hydrogen) atoms. The predicted molar refractivity (Wildman–Crippen MR) is 71.5 cm³/mol. The normalized spacial score (nSPS) is 10.5. The minimum Gasteiger partial charge on any atom is -0.462 e. The van der Waals surface area contributed by atoms with Crippen LogP contribution in [0.4, 0.5) is 5.82 Å². The Kier molecular flexibility index (Phi) is 3.77. The molecule has 2 aromatic rings. The summed E-state index contributed by atoms with van der Waals surface area (Å²) in [6.45, 7) is 2.11. The summed E-state index contributed by atoms with van der Waals surface area (Å²) in [7, 11) is 0. The summed E-state index contributed by atoms with van der Waals surface area (Å²) in [6, 6.07) is 1.61. The Morgan fingerprint density at radius 1 is 1.65 bits per heavy atom. The third-order valence-electron chi connectivity index (χ3n) is 2.15. The van der Waals surface area contributed by atoms with Gasteiger partial charge in [-0.15, -0.1) is 0 Å². The minimum atomic E-state index is -0.383. The Balaban J connectivity index is 2.47. The van der Waals surface area contributed by atoms with Crippen LogP contribution < -0.4 is 5.32 Å². The van der Waals surface area contributed by atoms with Gasteiger partial charge in [0.1, 0.15) is 11.4 Å². The van der Waals surface area contributed by atoms with Gasteiger partial charge in [0, 0.05) is 6.20 Å². The minimum absolute atomic E-state index is 0.340. The Morgan fingerprint density at radius 3 is 3.18 bits per heavy atom. The maximum Gasteiger partial charge on any atom is 0.342 e. The van der Waals surface area contributed by atoms with Crippen molar-refractivity contribution in [2.75, 3.05) is 16.5 Å². The summed E-state index contributed by atoms with van der Waals surface area (Å²) in [5, 5.41) is 7.24. The average molecular weight is 346 g/mol. The molecule has 7 heteroatoms. The number of anilines is 1. The lowest BCUT2D eigenvalue weighted by atomic mass is 10.3. The van der Waals surface area contributed by atoms with E-state index in [-0.39, 0.29) is 5.97 Å². The molecule has 2 heterocycles. The lowest BCUT2D eigenvalue weighted by Gasteiger charge is -2.04. The molecule has 0 saturated carbocycles. The highest BCUT2D eigenvalue weighted by Gasteiger charge is 2.14. The number of alkyl halides is 1. The molecule has 0 fully saturated rings. The molecule has 6 nitrogen and oxygen atoms in total. The van der Waals surface area contributed by atoms with Crippen LogP contribution >= 0.6 is 22.6 Å². The quantitative estimate of drug-likeness (QED) is 0.395. The molecule has 0 aromatic carbocycles. The Bertz CT molecular complexity index is 540. The van der Waals surface area contributed by atoms with Gasteiger partial charge < -0.3 is 10.1 Å². The molecule has 0 bridgehead atoms. The van der Waals surface area contributed by atoms with Crippen LogP contribution in [0, 0.1) is 0 Å². The number of nitrogens with zero attached hydrogens (tertiary/aromatic N) is 3. The van der Waals surface area contributed by atoms with Gasteiger partial charge in [-0.05, 0) is 13.0 Å². The lowest BCUT2D eigenvalue weighted by molar-refractivity contribution is 0.0528. The highest BCUT2D eigenvalue weighted by atomic mass is 127. The second-order valence-electron chi connectivity index (χ2n) is 3.15. The number of carbonyl (C=O) groups excluding carboxylic acids is 1. The van der Waals surface area contributed by atoms with Crippen LogP contribution in [0.25, 0.3) is 5.65 Å². The van der Waals surface area contributed by atoms with Crippen molar-refractivity contribution in [2.45, 2.75) is 6.92 Å². The molecule has 0 amide bonds. The second-order valence-corrected chi connectivity index (χ2v) is 3.92. The van der Waals surface area contributed by atoms with Crippen LogP contribution in [0.5, 0.6) is 0 Å². The Morgan fingerprint density at radius 2 is 2.47 bits per heavy atom. The molecule has 90 valence electrons. The molecule has 0 aliphatic heterocycles. The van der Waals surface area contributed by atoms with Crippen LogP contribution in [-0.2, 0) is 4.74 Å². The molecule has 0 aliphatic rings. The van der Waals surface area contributed by atoms with Gasteiger partial charge in [0.25, 0.3) is 0 Å². The molecule has 0 saturated heterocycles. The van der Waals surface area contributed by atoms with E-state index in [9.17, 15) is 4.79 Å². The summed E-state index contributed by atoms with van der Waals surface area (Å²) in [6.07, 6.45) is 3.20. The Hall–Kier alpha value is -1.38. The van der Waals surface area contributed by atoms with Gasteiger partial charge in [-0.2, -0.15) is 9.61 Å². The first kappa shape index (κ1) is 12.1. The SMILES string of the molecule is CCOC(=O)c1ccnn2c(NCI)cnc12. The smallest absolute Gasteiger partial charge is 0.342 e. The van der Waals surface area contributed by atoms with E-state index in [2.05, 4.69) is 38.0 Å². The Labute approximate surface area is 112 Å². The molecule has 2 rings (SSSR count). The first-order valence-electron chi connectivity index (χ1n) is 5.07. The van der Waals surface area contributed by atoms with E-state index >= 15 is 0 Å². The van der Waals surface area contributed by atoms with E-state index in [0.29, 0.717) is 17.8 Å². The van der Waals surface area contributed by atoms with Crippen molar-refractivity contribution < 1.29 is 9.53 Å². The van der Waals surface area contributed by atoms with Gasteiger partial charge in [0.05, 0.1) is 17.4 Å². The van der Waals surface area contributed by atoms with Gasteiger partial charge >= 0.3 is 5.97 Å². The lowest BCUT2D eigenvalue weighted by Crippen LogP contribution is -2.09. The molecule has 1 N–H and O–H groups in total. The molecule has 0 spiro atoms. The average Bonchev–Trinajstić information content (AvgIpc) is 2.73. The van der Waals surface area contributed by atoms with Crippen molar-refractivity contribution in [1.29, 1.82) is 0 Å². The van der Waals surface area contributed by atoms with Crippen LogP contribution in [0.15, 0.2) is 18.5 Å². The summed E-state index contributed by atoms with van der Waals surface area (Å²) in [5.74, 6) is 0.368. The number of rotatable bonds is 4. The largest absolute Gasteiger partial charge is 0.462 e. The predicted octanol–water partition coefficient (Wildman–Crippen LogP) is 1.71. The number of hydrogen-bond donors (Lipinski definition) is 1. The number of halogens is 1. The number of esters is 1. The molecule has 0 atom stereocenters. The fourth-order valence-electron chi connectivity index (χ4n) is 1.45. The first-order valence-corrected chi connectivity index (χ1v) is 6.60. The van der Waals surface area contributed by atoms with E-state index in [1.165, 1.54) is 0 Å². The van der Waals surface area contributed by atoms with Gasteiger partial charge in [-0.25, -0.2) is 9.78 Å². The molecule has 0 aliphatic carbocycles. The molecular formula is C10H11IN4O2. The number of ether oxygens (including phenoxy) is 1. The number of imidazole rings is 1. The monoisotopic (exact) mass is 346 g/mol. The highest BCUT2D eigenvalue weighted by Crippen LogP contribution is 2.15. The van der Waals surface area contributed by atoms with Gasteiger partial charge in [0.15, 0.2) is 5.65 Å². The molecule has 0 unspecified atom stereocenters. The molecule has 0 radical (unpaired) electrons. The van der Waals surface area contributed by atoms with Crippen molar-refractivity contribution in [2.24, 2.45) is 0 Å². The fourth-order valence-corrected chi connectivity index (χ4v) is 1.84. The zero-order valence-electron chi connectivity index (χ0n) is 9.18.